The summed E-state index contributed by atoms with van der Waals surface area (Å²) in [4.78, 5) is 24.7. The first-order valence-electron chi connectivity index (χ1n) is 11.7. The number of Topliss-reactive ketones (excluding diaryl/α,β-unsaturated/α-hetero) is 1. The Hall–Kier alpha value is -3.02. The number of aliphatic carboxylic acids is 1. The maximum Gasteiger partial charge on any atom is 0.313 e. The van der Waals surface area contributed by atoms with E-state index in [2.05, 4.69) is 6.92 Å². The van der Waals surface area contributed by atoms with Crippen LogP contribution in [0.3, 0.4) is 0 Å². The fourth-order valence-electron chi connectivity index (χ4n) is 5.30. The molecule has 6 heteroatoms. The van der Waals surface area contributed by atoms with Crippen molar-refractivity contribution in [2.24, 2.45) is 11.3 Å². The number of carbonyl (C=O) groups excluding carboxylic acids is 1. The number of unbranched alkanes of at least 4 members (excludes halogenated alkanes) is 1. The Kier molecular flexibility index (Phi) is 6.63. The number of ether oxygens (including phenoxy) is 3. The average molecular weight is 453 g/mol. The van der Waals surface area contributed by atoms with Gasteiger partial charge >= 0.3 is 5.97 Å². The first-order chi connectivity index (χ1) is 16.0. The second-order valence-corrected chi connectivity index (χ2v) is 9.06. The highest BCUT2D eigenvalue weighted by atomic mass is 16.5. The van der Waals surface area contributed by atoms with E-state index in [-0.39, 0.29) is 18.3 Å². The lowest BCUT2D eigenvalue weighted by molar-refractivity contribution is -0.165. The average Bonchev–Trinajstić information content (AvgIpc) is 3.19. The number of benzene rings is 2. The Morgan fingerprint density at radius 3 is 2.48 bits per heavy atom. The molecule has 0 spiro atoms. The summed E-state index contributed by atoms with van der Waals surface area (Å²) in [6, 6.07) is 9.44. The molecular weight excluding hydrogens is 420 g/mol. The smallest absolute Gasteiger partial charge is 0.313 e. The minimum Gasteiger partial charge on any atom is -0.493 e. The Morgan fingerprint density at radius 2 is 1.85 bits per heavy atom. The first kappa shape index (κ1) is 23.1. The number of hydrogen-bond acceptors (Lipinski definition) is 5. The molecule has 2 atom stereocenters. The first-order valence-corrected chi connectivity index (χ1v) is 11.7. The molecule has 0 amide bonds. The van der Waals surface area contributed by atoms with Gasteiger partial charge in [0.05, 0.1) is 14.2 Å². The van der Waals surface area contributed by atoms with Gasteiger partial charge in [0.15, 0.2) is 17.3 Å². The van der Waals surface area contributed by atoms with Gasteiger partial charge in [-0.1, -0.05) is 38.0 Å². The van der Waals surface area contributed by atoms with Crippen LogP contribution in [0, 0.1) is 11.3 Å². The van der Waals surface area contributed by atoms with E-state index < -0.39 is 11.4 Å². The third-order valence-electron chi connectivity index (χ3n) is 7.40. The lowest BCUT2D eigenvalue weighted by Gasteiger charge is -2.46. The number of carboxylic acid groups (broad SMARTS) is 1. The molecule has 4 rings (SSSR count). The lowest BCUT2D eigenvalue weighted by atomic mass is 9.59. The van der Waals surface area contributed by atoms with Crippen LogP contribution in [0.5, 0.6) is 17.2 Å². The monoisotopic (exact) mass is 452 g/mol. The van der Waals surface area contributed by atoms with Crippen LogP contribution < -0.4 is 14.2 Å². The summed E-state index contributed by atoms with van der Waals surface area (Å²) in [5.74, 6) is 0.861. The van der Waals surface area contributed by atoms with Gasteiger partial charge in [-0.05, 0) is 54.9 Å². The molecule has 0 saturated heterocycles. The van der Waals surface area contributed by atoms with E-state index >= 15 is 0 Å². The van der Waals surface area contributed by atoms with Crippen LogP contribution in [0.4, 0.5) is 0 Å². The summed E-state index contributed by atoms with van der Waals surface area (Å²) in [7, 11) is 3.11. The number of carboxylic acids is 1. The molecule has 6 nitrogen and oxygen atoms in total. The molecule has 2 aromatic carbocycles. The predicted octanol–water partition coefficient (Wildman–Crippen LogP) is 5.55. The predicted molar refractivity (Wildman–Crippen MR) is 125 cm³/mol. The fourth-order valence-corrected chi connectivity index (χ4v) is 5.30. The van der Waals surface area contributed by atoms with E-state index in [1.807, 2.05) is 30.3 Å². The summed E-state index contributed by atoms with van der Waals surface area (Å²) in [6.45, 7) is 2.19. The summed E-state index contributed by atoms with van der Waals surface area (Å²) in [5, 5.41) is 10.1. The summed E-state index contributed by atoms with van der Waals surface area (Å²) in [6.07, 6.45) is 5.63. The van der Waals surface area contributed by atoms with Gasteiger partial charge in [-0.25, -0.2) is 0 Å². The third-order valence-corrected chi connectivity index (χ3v) is 7.40. The summed E-state index contributed by atoms with van der Waals surface area (Å²) >= 11 is 0. The Bertz CT molecular complexity index is 1060. The number of fused-ring (bicyclic) bond motifs is 1. The second-order valence-electron chi connectivity index (χ2n) is 9.06. The largest absolute Gasteiger partial charge is 0.493 e. The van der Waals surface area contributed by atoms with E-state index in [0.29, 0.717) is 36.5 Å². The van der Waals surface area contributed by atoms with Crippen molar-refractivity contribution < 1.29 is 28.9 Å². The number of rotatable bonds is 10. The maximum atomic E-state index is 12.3. The number of methoxy groups -OCH3 is 2. The van der Waals surface area contributed by atoms with Crippen molar-refractivity contribution in [3.05, 3.63) is 41.5 Å². The Labute approximate surface area is 194 Å². The number of ketones is 1. The molecule has 1 saturated carbocycles. The second kappa shape index (κ2) is 9.46. The molecule has 2 unspecified atom stereocenters. The summed E-state index contributed by atoms with van der Waals surface area (Å²) < 4.78 is 17.5. The van der Waals surface area contributed by atoms with Gasteiger partial charge in [-0.3, -0.25) is 9.59 Å². The molecule has 2 aromatic rings. The molecule has 0 aliphatic heterocycles. The van der Waals surface area contributed by atoms with Gasteiger partial charge in [0.2, 0.25) is 5.75 Å². The van der Waals surface area contributed by atoms with Crippen molar-refractivity contribution in [3.63, 3.8) is 0 Å². The topological polar surface area (TPSA) is 82.1 Å². The zero-order valence-corrected chi connectivity index (χ0v) is 19.6. The van der Waals surface area contributed by atoms with E-state index in [1.54, 1.807) is 14.2 Å². The highest BCUT2D eigenvalue weighted by molar-refractivity contribution is 6.02. The third kappa shape index (κ3) is 3.96. The van der Waals surface area contributed by atoms with Crippen LogP contribution in [0.1, 0.15) is 61.4 Å². The van der Waals surface area contributed by atoms with Crippen molar-refractivity contribution in [2.45, 2.75) is 51.9 Å². The maximum absolute atomic E-state index is 12.3. The van der Waals surface area contributed by atoms with Gasteiger partial charge in [0.25, 0.3) is 0 Å². The van der Waals surface area contributed by atoms with Crippen molar-refractivity contribution >= 4 is 11.8 Å². The quantitative estimate of drug-likeness (QED) is 0.509. The molecule has 0 radical (unpaired) electrons. The van der Waals surface area contributed by atoms with Crippen LogP contribution in [0.2, 0.25) is 0 Å². The van der Waals surface area contributed by atoms with E-state index in [9.17, 15) is 14.7 Å². The van der Waals surface area contributed by atoms with Crippen LogP contribution in [-0.4, -0.2) is 37.7 Å². The highest BCUT2D eigenvalue weighted by Crippen LogP contribution is 2.52. The lowest BCUT2D eigenvalue weighted by Crippen LogP contribution is -2.51. The van der Waals surface area contributed by atoms with Crippen LogP contribution in [-0.2, 0) is 11.2 Å². The molecule has 1 fully saturated rings. The van der Waals surface area contributed by atoms with Gasteiger partial charge in [-0.2, -0.15) is 0 Å². The molecule has 0 heterocycles. The molecule has 1 N–H and O–H groups in total. The van der Waals surface area contributed by atoms with Crippen LogP contribution >= 0.6 is 0 Å². The van der Waals surface area contributed by atoms with Crippen molar-refractivity contribution in [1.82, 2.24) is 0 Å². The van der Waals surface area contributed by atoms with Crippen LogP contribution in [0.25, 0.3) is 11.1 Å². The van der Waals surface area contributed by atoms with E-state index in [0.717, 1.165) is 47.9 Å². The molecule has 176 valence electrons. The fraction of sp³-hybridized carbons (Fsp3) is 0.481. The zero-order valence-electron chi connectivity index (χ0n) is 19.6. The van der Waals surface area contributed by atoms with Gasteiger partial charge in [0.1, 0.15) is 12.0 Å². The highest BCUT2D eigenvalue weighted by Gasteiger charge is 2.53. The van der Waals surface area contributed by atoms with Gasteiger partial charge in [-0.15, -0.1) is 0 Å². The molecule has 0 bridgehead atoms. The molecular formula is C27H32O6. The minimum atomic E-state index is -0.894. The molecule has 2 aliphatic carbocycles. The van der Waals surface area contributed by atoms with Crippen LogP contribution in [0.15, 0.2) is 30.3 Å². The molecule has 33 heavy (non-hydrogen) atoms. The SMILES string of the molecule is CCCCC1CCC1(COc1c(-c2cccc3c2CCC3=O)ccc(OC)c1OC)C(=O)O. The van der Waals surface area contributed by atoms with E-state index in [1.165, 1.54) is 0 Å². The number of carbonyl (C=O) groups is 2. The minimum absolute atomic E-state index is 0.0706. The number of hydrogen-bond donors (Lipinski definition) is 1. The van der Waals surface area contributed by atoms with Gasteiger partial charge < -0.3 is 19.3 Å². The standard InChI is InChI=1S/C27H32O6/c1-4-5-7-17-14-15-27(17,26(29)30)16-33-24-21(11-13-23(31-2)25(24)32-3)18-8-6-9-20-19(18)10-12-22(20)28/h6,8-9,11,13,17H,4-5,7,10,12,14-16H2,1-3H3,(H,29,30). The van der Waals surface area contributed by atoms with Crippen molar-refractivity contribution in [2.75, 3.05) is 20.8 Å². The van der Waals surface area contributed by atoms with Crippen molar-refractivity contribution in [3.8, 4) is 28.4 Å². The Balaban J connectivity index is 1.75. The molecule has 0 aromatic heterocycles. The van der Waals surface area contributed by atoms with E-state index in [4.69, 9.17) is 14.2 Å². The summed E-state index contributed by atoms with van der Waals surface area (Å²) in [5.41, 5.74) is 2.54. The zero-order chi connectivity index (χ0) is 23.6. The Morgan fingerprint density at radius 1 is 1.06 bits per heavy atom. The normalized spacial score (nSPS) is 21.3. The molecule has 2 aliphatic rings. The van der Waals surface area contributed by atoms with Crippen molar-refractivity contribution in [1.29, 1.82) is 0 Å². The van der Waals surface area contributed by atoms with Gasteiger partial charge in [0, 0.05) is 17.5 Å².